The topological polar surface area (TPSA) is 166 Å². The van der Waals surface area contributed by atoms with Crippen molar-refractivity contribution >= 4 is 41.7 Å². The molecule has 11 heteroatoms. The molecule has 2 aliphatic rings. The third-order valence-electron chi connectivity index (χ3n) is 4.34. The molecule has 3 atom stereocenters. The Balaban J connectivity index is 1.90. The van der Waals surface area contributed by atoms with Crippen molar-refractivity contribution in [1.29, 1.82) is 0 Å². The third-order valence-corrected chi connectivity index (χ3v) is 5.93. The maximum absolute atomic E-state index is 12.5. The first-order valence-electron chi connectivity index (χ1n) is 7.77. The van der Waals surface area contributed by atoms with Gasteiger partial charge in [0.25, 0.3) is 5.91 Å². The SMILES string of the molecule is C[C@@]1(COC(N)=O)SC2/C(=C\c3cc(C(N)=O)ccn3)C(=O)N2[C@H]1C(=O)O. The van der Waals surface area contributed by atoms with E-state index in [4.69, 9.17) is 16.2 Å². The van der Waals surface area contributed by atoms with Gasteiger partial charge in [-0.2, -0.15) is 0 Å². The molecule has 0 radical (unpaired) electrons. The molecule has 1 unspecified atom stereocenters. The maximum Gasteiger partial charge on any atom is 0.404 e. The van der Waals surface area contributed by atoms with E-state index in [0.717, 1.165) is 0 Å². The average molecular weight is 392 g/mol. The summed E-state index contributed by atoms with van der Waals surface area (Å²) in [6.07, 6.45) is 1.85. The molecule has 2 fully saturated rings. The first-order valence-corrected chi connectivity index (χ1v) is 8.65. The molecule has 27 heavy (non-hydrogen) atoms. The molecule has 1 aromatic heterocycles. The first kappa shape index (κ1) is 18.7. The Hall–Kier alpha value is -3.08. The van der Waals surface area contributed by atoms with Crippen LogP contribution in [0.25, 0.3) is 6.08 Å². The lowest BCUT2D eigenvalue weighted by atomic mass is 9.94. The van der Waals surface area contributed by atoms with Crippen molar-refractivity contribution in [1.82, 2.24) is 9.88 Å². The number of carboxylic acid groups (broad SMARTS) is 1. The molecule has 3 amide bonds. The fourth-order valence-electron chi connectivity index (χ4n) is 3.11. The number of carbonyl (C=O) groups is 4. The molecular weight excluding hydrogens is 376 g/mol. The minimum Gasteiger partial charge on any atom is -0.480 e. The third kappa shape index (κ3) is 3.21. The molecule has 5 N–H and O–H groups in total. The van der Waals surface area contributed by atoms with Crippen LogP contribution in [0.3, 0.4) is 0 Å². The van der Waals surface area contributed by atoms with Crippen molar-refractivity contribution in [2.45, 2.75) is 23.1 Å². The molecule has 3 rings (SSSR count). The second-order valence-corrected chi connectivity index (χ2v) is 7.89. The van der Waals surface area contributed by atoms with E-state index in [2.05, 4.69) is 4.98 Å². The Bertz CT molecular complexity index is 887. The van der Waals surface area contributed by atoms with E-state index in [-0.39, 0.29) is 12.2 Å². The summed E-state index contributed by atoms with van der Waals surface area (Å²) >= 11 is 1.19. The van der Waals surface area contributed by atoms with E-state index in [1.54, 1.807) is 6.92 Å². The molecule has 10 nitrogen and oxygen atoms in total. The maximum atomic E-state index is 12.5. The molecule has 0 aromatic carbocycles. The number of nitrogens with zero attached hydrogens (tertiary/aromatic N) is 2. The zero-order valence-electron chi connectivity index (χ0n) is 14.1. The minimum absolute atomic E-state index is 0.239. The number of fused-ring (bicyclic) bond motifs is 1. The quantitative estimate of drug-likeness (QED) is 0.457. The number of primary amides is 2. The summed E-state index contributed by atoms with van der Waals surface area (Å²) < 4.78 is 3.73. The lowest BCUT2D eigenvalue weighted by Crippen LogP contribution is -2.59. The number of carboxylic acids is 1. The van der Waals surface area contributed by atoms with Gasteiger partial charge in [-0.1, -0.05) is 0 Å². The number of pyridine rings is 1. The molecule has 0 spiro atoms. The Kier molecular flexibility index (Phi) is 4.56. The Labute approximate surface area is 157 Å². The fourth-order valence-corrected chi connectivity index (χ4v) is 4.72. The van der Waals surface area contributed by atoms with Crippen LogP contribution in [-0.4, -0.2) is 61.6 Å². The van der Waals surface area contributed by atoms with E-state index in [1.165, 1.54) is 41.1 Å². The average Bonchev–Trinajstić information content (AvgIpc) is 2.89. The van der Waals surface area contributed by atoms with E-state index >= 15 is 0 Å². The highest BCUT2D eigenvalue weighted by Crippen LogP contribution is 2.53. The lowest BCUT2D eigenvalue weighted by molar-refractivity contribution is -0.153. The zero-order chi connectivity index (χ0) is 19.9. The van der Waals surface area contributed by atoms with Gasteiger partial charge in [0, 0.05) is 11.8 Å². The predicted molar refractivity (Wildman–Crippen MR) is 94.3 cm³/mol. The molecular formula is C16H16N4O6S. The van der Waals surface area contributed by atoms with E-state index in [1.807, 2.05) is 0 Å². The van der Waals surface area contributed by atoms with E-state index in [9.17, 15) is 24.3 Å². The second-order valence-electron chi connectivity index (χ2n) is 6.28. The normalized spacial score (nSPS) is 27.8. The zero-order valence-corrected chi connectivity index (χ0v) is 14.9. The Morgan fingerprint density at radius 2 is 2.15 bits per heavy atom. The number of carbonyl (C=O) groups excluding carboxylic acids is 3. The summed E-state index contributed by atoms with van der Waals surface area (Å²) in [5.74, 6) is -2.30. The fraction of sp³-hybridized carbons (Fsp3) is 0.312. The number of aromatic nitrogens is 1. The van der Waals surface area contributed by atoms with Crippen LogP contribution in [0.1, 0.15) is 23.0 Å². The highest BCUT2D eigenvalue weighted by molar-refractivity contribution is 8.02. The number of ether oxygens (including phenoxy) is 1. The number of amides is 3. The summed E-state index contributed by atoms with van der Waals surface area (Å²) in [5.41, 5.74) is 11.1. The molecule has 0 aliphatic carbocycles. The van der Waals surface area contributed by atoms with Gasteiger partial charge in [-0.3, -0.25) is 14.6 Å². The van der Waals surface area contributed by atoms with Gasteiger partial charge >= 0.3 is 12.1 Å². The van der Waals surface area contributed by atoms with Crippen molar-refractivity contribution in [3.63, 3.8) is 0 Å². The van der Waals surface area contributed by atoms with Gasteiger partial charge in [-0.15, -0.1) is 11.8 Å². The summed E-state index contributed by atoms with van der Waals surface area (Å²) in [5, 5.41) is 9.02. The van der Waals surface area contributed by atoms with Crippen LogP contribution in [-0.2, 0) is 14.3 Å². The van der Waals surface area contributed by atoms with Crippen molar-refractivity contribution < 1.29 is 29.0 Å². The van der Waals surface area contributed by atoms with Gasteiger partial charge in [0.1, 0.15) is 18.0 Å². The van der Waals surface area contributed by atoms with Gasteiger partial charge in [0.05, 0.1) is 16.0 Å². The number of rotatable bonds is 5. The van der Waals surface area contributed by atoms with Crippen molar-refractivity contribution in [2.75, 3.05) is 6.61 Å². The van der Waals surface area contributed by atoms with Crippen LogP contribution in [0, 0.1) is 0 Å². The molecule has 2 saturated heterocycles. The summed E-state index contributed by atoms with van der Waals surface area (Å²) in [6.45, 7) is 1.33. The van der Waals surface area contributed by atoms with Gasteiger partial charge < -0.3 is 26.2 Å². The summed E-state index contributed by atoms with van der Waals surface area (Å²) in [4.78, 5) is 51.7. The molecule has 2 aliphatic heterocycles. The number of hydrogen-bond donors (Lipinski definition) is 3. The highest BCUT2D eigenvalue weighted by Gasteiger charge is 2.63. The number of β-lactam (4-membered cyclic amide) rings is 1. The van der Waals surface area contributed by atoms with Gasteiger partial charge in [-0.05, 0) is 25.1 Å². The predicted octanol–water partition coefficient (Wildman–Crippen LogP) is -0.214. The largest absolute Gasteiger partial charge is 0.480 e. The van der Waals surface area contributed by atoms with Crippen LogP contribution < -0.4 is 11.5 Å². The van der Waals surface area contributed by atoms with Crippen LogP contribution >= 0.6 is 11.8 Å². The van der Waals surface area contributed by atoms with Crippen molar-refractivity contribution in [3.8, 4) is 0 Å². The Morgan fingerprint density at radius 3 is 2.74 bits per heavy atom. The van der Waals surface area contributed by atoms with Crippen molar-refractivity contribution in [2.24, 2.45) is 11.5 Å². The molecule has 142 valence electrons. The molecule has 3 heterocycles. The van der Waals surface area contributed by atoms with E-state index in [0.29, 0.717) is 11.3 Å². The second kappa shape index (κ2) is 6.58. The van der Waals surface area contributed by atoms with Crippen LogP contribution in [0.4, 0.5) is 4.79 Å². The summed E-state index contributed by atoms with van der Waals surface area (Å²) in [6, 6.07) is 1.71. The number of thioether (sulfide) groups is 1. The van der Waals surface area contributed by atoms with Crippen LogP contribution in [0.15, 0.2) is 23.9 Å². The van der Waals surface area contributed by atoms with Crippen LogP contribution in [0.2, 0.25) is 0 Å². The molecule has 1 aromatic rings. The van der Waals surface area contributed by atoms with Gasteiger partial charge in [0.2, 0.25) is 5.91 Å². The summed E-state index contributed by atoms with van der Waals surface area (Å²) in [7, 11) is 0. The molecule has 0 saturated carbocycles. The number of hydrogen-bond acceptors (Lipinski definition) is 7. The molecule has 0 bridgehead atoms. The van der Waals surface area contributed by atoms with Crippen molar-refractivity contribution in [3.05, 3.63) is 35.2 Å². The number of aliphatic carboxylic acids is 1. The van der Waals surface area contributed by atoms with Gasteiger partial charge in [0.15, 0.2) is 0 Å². The first-order chi connectivity index (χ1) is 12.6. The van der Waals surface area contributed by atoms with E-state index < -0.39 is 40.0 Å². The minimum atomic E-state index is -1.21. The number of nitrogens with two attached hydrogens (primary N) is 2. The smallest absolute Gasteiger partial charge is 0.404 e. The van der Waals surface area contributed by atoms with Gasteiger partial charge in [-0.25, -0.2) is 9.59 Å². The monoisotopic (exact) mass is 392 g/mol. The highest BCUT2D eigenvalue weighted by atomic mass is 32.2. The Morgan fingerprint density at radius 1 is 1.44 bits per heavy atom. The van der Waals surface area contributed by atoms with Crippen LogP contribution in [0.5, 0.6) is 0 Å². The standard InChI is InChI=1S/C16H16N4O6S/c1-16(6-26-15(18)25)10(14(23)24)20-12(22)9(13(20)27-16)5-8-4-7(11(17)21)2-3-19-8/h2-5,10,13H,6H2,1H3,(H2,17,21)(H2,18,25)(H,23,24)/b9-5-/t10-,13?,16-/m0/s1. The lowest BCUT2D eigenvalue weighted by Gasteiger charge is -2.39.